The number of rotatable bonds is 4. The summed E-state index contributed by atoms with van der Waals surface area (Å²) in [5.41, 5.74) is 6.35. The summed E-state index contributed by atoms with van der Waals surface area (Å²) in [6.45, 7) is 0.228. The van der Waals surface area contributed by atoms with Crippen LogP contribution in [0.15, 0.2) is 24.4 Å². The van der Waals surface area contributed by atoms with Gasteiger partial charge in [0.2, 0.25) is 12.7 Å². The van der Waals surface area contributed by atoms with Crippen LogP contribution in [0.25, 0.3) is 0 Å². The van der Waals surface area contributed by atoms with Gasteiger partial charge in [-0.3, -0.25) is 4.79 Å². The molecule has 0 saturated carbocycles. The Morgan fingerprint density at radius 2 is 2.25 bits per heavy atom. The SMILES string of the molecule is NCC(=O)Nc1ncc(Cc2ccc3c(c2)OCO3)s1. The van der Waals surface area contributed by atoms with Gasteiger partial charge >= 0.3 is 0 Å². The van der Waals surface area contributed by atoms with E-state index in [2.05, 4.69) is 10.3 Å². The van der Waals surface area contributed by atoms with Crippen LogP contribution < -0.4 is 20.5 Å². The van der Waals surface area contributed by atoms with Crippen LogP contribution in [-0.4, -0.2) is 24.2 Å². The second-order valence-corrected chi connectivity index (χ2v) is 5.36. The summed E-state index contributed by atoms with van der Waals surface area (Å²) < 4.78 is 10.6. The first-order valence-electron chi connectivity index (χ1n) is 6.08. The lowest BCUT2D eigenvalue weighted by molar-refractivity contribution is -0.114. The number of nitrogens with zero attached hydrogens (tertiary/aromatic N) is 1. The number of carbonyl (C=O) groups excluding carboxylic acids is 1. The van der Waals surface area contributed by atoms with Gasteiger partial charge in [0, 0.05) is 17.5 Å². The normalized spacial score (nSPS) is 12.4. The third kappa shape index (κ3) is 2.73. The monoisotopic (exact) mass is 291 g/mol. The molecule has 1 amide bonds. The highest BCUT2D eigenvalue weighted by molar-refractivity contribution is 7.15. The average molecular weight is 291 g/mol. The van der Waals surface area contributed by atoms with E-state index in [-0.39, 0.29) is 19.2 Å². The predicted molar refractivity (Wildman–Crippen MR) is 75.2 cm³/mol. The molecule has 0 saturated heterocycles. The maximum absolute atomic E-state index is 11.2. The van der Waals surface area contributed by atoms with E-state index in [0.717, 1.165) is 28.4 Å². The quantitative estimate of drug-likeness (QED) is 0.888. The topological polar surface area (TPSA) is 86.5 Å². The number of hydrogen-bond donors (Lipinski definition) is 2. The third-order valence-corrected chi connectivity index (χ3v) is 3.71. The highest BCUT2D eigenvalue weighted by Crippen LogP contribution is 2.33. The molecule has 1 aromatic carbocycles. The van der Waals surface area contributed by atoms with Gasteiger partial charge in [0.15, 0.2) is 16.6 Å². The molecule has 0 atom stereocenters. The summed E-state index contributed by atoms with van der Waals surface area (Å²) in [5.74, 6) is 1.30. The first-order valence-corrected chi connectivity index (χ1v) is 6.89. The van der Waals surface area contributed by atoms with E-state index < -0.39 is 0 Å². The Morgan fingerprint density at radius 3 is 3.10 bits per heavy atom. The summed E-state index contributed by atoms with van der Waals surface area (Å²) in [4.78, 5) is 16.4. The van der Waals surface area contributed by atoms with Crippen LogP contribution in [0, 0.1) is 0 Å². The van der Waals surface area contributed by atoms with Gasteiger partial charge in [0.05, 0.1) is 6.54 Å². The van der Waals surface area contributed by atoms with Gasteiger partial charge < -0.3 is 20.5 Å². The molecule has 7 heteroatoms. The molecule has 3 N–H and O–H groups in total. The molecule has 0 aliphatic carbocycles. The Hall–Kier alpha value is -2.12. The van der Waals surface area contributed by atoms with Crippen molar-refractivity contribution in [1.82, 2.24) is 4.98 Å². The summed E-state index contributed by atoms with van der Waals surface area (Å²) in [6.07, 6.45) is 2.48. The van der Waals surface area contributed by atoms with E-state index in [1.54, 1.807) is 6.20 Å². The molecule has 104 valence electrons. The van der Waals surface area contributed by atoms with Crippen molar-refractivity contribution >= 4 is 22.4 Å². The molecular weight excluding hydrogens is 278 g/mol. The van der Waals surface area contributed by atoms with Crippen molar-refractivity contribution in [1.29, 1.82) is 0 Å². The molecule has 1 aliphatic heterocycles. The van der Waals surface area contributed by atoms with E-state index >= 15 is 0 Å². The van der Waals surface area contributed by atoms with Gasteiger partial charge in [-0.1, -0.05) is 6.07 Å². The number of nitrogens with two attached hydrogens (primary N) is 1. The number of anilines is 1. The fraction of sp³-hybridized carbons (Fsp3) is 0.231. The van der Waals surface area contributed by atoms with Gasteiger partial charge in [0.25, 0.3) is 0 Å². The number of thiazole rings is 1. The summed E-state index contributed by atoms with van der Waals surface area (Å²) in [6, 6.07) is 5.85. The minimum atomic E-state index is -0.242. The van der Waals surface area contributed by atoms with Crippen molar-refractivity contribution < 1.29 is 14.3 Å². The summed E-state index contributed by atoms with van der Waals surface area (Å²) in [7, 11) is 0. The highest BCUT2D eigenvalue weighted by atomic mass is 32.1. The zero-order valence-electron chi connectivity index (χ0n) is 10.6. The molecule has 0 fully saturated rings. The number of fused-ring (bicyclic) bond motifs is 1. The number of amides is 1. The lowest BCUT2D eigenvalue weighted by Crippen LogP contribution is -2.21. The number of carbonyl (C=O) groups is 1. The van der Waals surface area contributed by atoms with Gasteiger partial charge in [0.1, 0.15) is 0 Å². The fourth-order valence-corrected chi connectivity index (χ4v) is 2.73. The maximum atomic E-state index is 11.2. The molecule has 0 spiro atoms. The molecule has 1 aliphatic rings. The smallest absolute Gasteiger partial charge is 0.239 e. The number of aromatic nitrogens is 1. The van der Waals surface area contributed by atoms with E-state index in [4.69, 9.17) is 15.2 Å². The Morgan fingerprint density at radius 1 is 1.40 bits per heavy atom. The zero-order valence-corrected chi connectivity index (χ0v) is 11.4. The molecule has 6 nitrogen and oxygen atoms in total. The van der Waals surface area contributed by atoms with Crippen molar-refractivity contribution in [2.45, 2.75) is 6.42 Å². The Balaban J connectivity index is 1.70. The summed E-state index contributed by atoms with van der Waals surface area (Å²) in [5, 5.41) is 3.20. The maximum Gasteiger partial charge on any atom is 0.239 e. The highest BCUT2D eigenvalue weighted by Gasteiger charge is 2.14. The van der Waals surface area contributed by atoms with Crippen LogP contribution in [0.2, 0.25) is 0 Å². The number of benzene rings is 1. The Labute approximate surface area is 119 Å². The van der Waals surface area contributed by atoms with Crippen LogP contribution in [0.3, 0.4) is 0 Å². The predicted octanol–water partition coefficient (Wildman–Crippen LogP) is 1.36. The number of ether oxygens (including phenoxy) is 2. The summed E-state index contributed by atoms with van der Waals surface area (Å²) >= 11 is 1.43. The molecule has 0 radical (unpaired) electrons. The molecule has 20 heavy (non-hydrogen) atoms. The van der Waals surface area contributed by atoms with Crippen molar-refractivity contribution in [3.05, 3.63) is 34.8 Å². The first kappa shape index (κ1) is 12.9. The molecule has 1 aromatic heterocycles. The van der Waals surface area contributed by atoms with Gasteiger partial charge in [-0.05, 0) is 17.7 Å². The minimum Gasteiger partial charge on any atom is -0.454 e. The van der Waals surface area contributed by atoms with E-state index in [9.17, 15) is 4.79 Å². The van der Waals surface area contributed by atoms with E-state index in [1.807, 2.05) is 18.2 Å². The van der Waals surface area contributed by atoms with Crippen LogP contribution >= 0.6 is 11.3 Å². The molecule has 0 bridgehead atoms. The van der Waals surface area contributed by atoms with Gasteiger partial charge in [-0.2, -0.15) is 0 Å². The van der Waals surface area contributed by atoms with Crippen LogP contribution in [0.1, 0.15) is 10.4 Å². The lowest BCUT2D eigenvalue weighted by atomic mass is 10.1. The van der Waals surface area contributed by atoms with Gasteiger partial charge in [-0.15, -0.1) is 11.3 Å². The second-order valence-electron chi connectivity index (χ2n) is 4.25. The fourth-order valence-electron chi connectivity index (χ4n) is 1.87. The number of nitrogens with one attached hydrogen (secondary N) is 1. The zero-order chi connectivity index (χ0) is 13.9. The van der Waals surface area contributed by atoms with E-state index in [0.29, 0.717) is 5.13 Å². The van der Waals surface area contributed by atoms with Crippen molar-refractivity contribution in [3.63, 3.8) is 0 Å². The molecular formula is C13H13N3O3S. The van der Waals surface area contributed by atoms with Crippen LogP contribution in [0.5, 0.6) is 11.5 Å². The average Bonchev–Trinajstić information content (AvgIpc) is 3.07. The third-order valence-electron chi connectivity index (χ3n) is 2.80. The first-order chi connectivity index (χ1) is 9.74. The largest absolute Gasteiger partial charge is 0.454 e. The second kappa shape index (κ2) is 5.48. The van der Waals surface area contributed by atoms with Gasteiger partial charge in [-0.25, -0.2) is 4.98 Å². The van der Waals surface area contributed by atoms with Crippen molar-refractivity contribution in [2.75, 3.05) is 18.7 Å². The minimum absolute atomic E-state index is 0.0446. The van der Waals surface area contributed by atoms with Crippen LogP contribution in [-0.2, 0) is 11.2 Å². The lowest BCUT2D eigenvalue weighted by Gasteiger charge is -2.01. The molecule has 2 aromatic rings. The Kier molecular flexibility index (Phi) is 3.53. The Bertz CT molecular complexity index is 642. The van der Waals surface area contributed by atoms with Crippen LogP contribution in [0.4, 0.5) is 5.13 Å². The molecule has 3 rings (SSSR count). The number of hydrogen-bond acceptors (Lipinski definition) is 6. The molecule has 2 heterocycles. The molecule has 0 unspecified atom stereocenters. The van der Waals surface area contributed by atoms with Crippen molar-refractivity contribution in [3.8, 4) is 11.5 Å². The van der Waals surface area contributed by atoms with E-state index in [1.165, 1.54) is 11.3 Å². The van der Waals surface area contributed by atoms with Crippen molar-refractivity contribution in [2.24, 2.45) is 5.73 Å². The standard InChI is InChI=1S/C13H13N3O3S/c14-5-12(17)16-13-15-6-9(20-13)3-8-1-2-10-11(4-8)19-7-18-10/h1-2,4,6H,3,5,7,14H2,(H,15,16,17).